The molecule has 6 heteroatoms. The van der Waals surface area contributed by atoms with Gasteiger partial charge in [0.2, 0.25) is 0 Å². The molecule has 1 atom stereocenters. The molecule has 3 rings (SSSR count). The first-order chi connectivity index (χ1) is 14.4. The van der Waals surface area contributed by atoms with Crippen molar-refractivity contribution in [1.82, 2.24) is 9.36 Å². The van der Waals surface area contributed by atoms with Crippen molar-refractivity contribution in [3.8, 4) is 11.3 Å². The van der Waals surface area contributed by atoms with Crippen LogP contribution in [0.4, 0.5) is 0 Å². The van der Waals surface area contributed by atoms with E-state index < -0.39 is 0 Å². The first kappa shape index (κ1) is 24.0. The molecular formula is C24H29ClN2O2S. The third-order valence-electron chi connectivity index (χ3n) is 4.44. The van der Waals surface area contributed by atoms with Crippen LogP contribution in [0.25, 0.3) is 11.3 Å². The fourth-order valence-electron chi connectivity index (χ4n) is 2.87. The average molecular weight is 445 g/mol. The highest BCUT2D eigenvalue weighted by molar-refractivity contribution is 7.05. The molecule has 0 radical (unpaired) electrons. The van der Waals surface area contributed by atoms with E-state index in [-0.39, 0.29) is 12.1 Å². The van der Waals surface area contributed by atoms with Gasteiger partial charge in [-0.15, -0.1) is 0 Å². The number of ether oxygens (including phenoxy) is 1. The van der Waals surface area contributed by atoms with Crippen LogP contribution in [0.1, 0.15) is 61.6 Å². The van der Waals surface area contributed by atoms with Crippen LogP contribution < -0.4 is 0 Å². The molecular weight excluding hydrogens is 416 g/mol. The van der Waals surface area contributed by atoms with E-state index in [9.17, 15) is 4.79 Å². The summed E-state index contributed by atoms with van der Waals surface area (Å²) in [5.74, 6) is -0.122. The Morgan fingerprint density at radius 2 is 1.83 bits per heavy atom. The minimum atomic E-state index is -0.148. The summed E-state index contributed by atoms with van der Waals surface area (Å²) in [6, 6.07) is 11.8. The van der Waals surface area contributed by atoms with Gasteiger partial charge in [0.25, 0.3) is 0 Å². The Labute approximate surface area is 188 Å². The molecule has 0 amide bonds. The number of halogens is 1. The Hall–Kier alpha value is -2.24. The van der Waals surface area contributed by atoms with Gasteiger partial charge in [0.05, 0.1) is 5.69 Å². The summed E-state index contributed by atoms with van der Waals surface area (Å²) in [6.07, 6.45) is 6.53. The van der Waals surface area contributed by atoms with Crippen LogP contribution in [0.5, 0.6) is 0 Å². The molecule has 0 bridgehead atoms. The Bertz CT molecular complexity index is 928. The fourth-order valence-corrected chi connectivity index (χ4v) is 3.55. The molecule has 0 N–H and O–H groups in total. The molecule has 0 aliphatic carbocycles. The normalized spacial score (nSPS) is 11.4. The monoisotopic (exact) mass is 444 g/mol. The quantitative estimate of drug-likeness (QED) is 0.357. The molecule has 0 saturated heterocycles. The number of hydrogen-bond donors (Lipinski definition) is 0. The van der Waals surface area contributed by atoms with Crippen molar-refractivity contribution >= 4 is 29.1 Å². The van der Waals surface area contributed by atoms with E-state index in [1.165, 1.54) is 16.4 Å². The summed E-state index contributed by atoms with van der Waals surface area (Å²) in [7, 11) is 0. The van der Waals surface area contributed by atoms with Crippen molar-refractivity contribution < 1.29 is 9.53 Å². The average Bonchev–Trinajstić information content (AvgIpc) is 3.17. The van der Waals surface area contributed by atoms with Gasteiger partial charge in [0.1, 0.15) is 6.10 Å². The third-order valence-corrected chi connectivity index (χ3v) is 5.55. The number of pyridine rings is 1. The van der Waals surface area contributed by atoms with Crippen LogP contribution in [0.2, 0.25) is 5.02 Å². The zero-order valence-corrected chi connectivity index (χ0v) is 19.6. The van der Waals surface area contributed by atoms with Crippen molar-refractivity contribution in [2.45, 2.75) is 59.5 Å². The number of nitrogens with zero attached hydrogens (tertiary/aromatic N) is 2. The number of aryl methyl sites for hydroxylation is 2. The van der Waals surface area contributed by atoms with Crippen molar-refractivity contribution in [3.63, 3.8) is 0 Å². The Morgan fingerprint density at radius 3 is 2.40 bits per heavy atom. The van der Waals surface area contributed by atoms with Crippen molar-refractivity contribution in [2.75, 3.05) is 0 Å². The van der Waals surface area contributed by atoms with Crippen LogP contribution >= 0.6 is 23.1 Å². The predicted molar refractivity (Wildman–Crippen MR) is 125 cm³/mol. The van der Waals surface area contributed by atoms with E-state index >= 15 is 0 Å². The van der Waals surface area contributed by atoms with E-state index in [2.05, 4.69) is 29.3 Å². The van der Waals surface area contributed by atoms with E-state index in [0.717, 1.165) is 46.7 Å². The second-order valence-corrected chi connectivity index (χ2v) is 8.50. The molecule has 0 spiro atoms. The first-order valence-corrected chi connectivity index (χ1v) is 11.4. The zero-order valence-electron chi connectivity index (χ0n) is 18.0. The molecule has 0 aliphatic rings. The van der Waals surface area contributed by atoms with Gasteiger partial charge in [-0.1, -0.05) is 44.0 Å². The van der Waals surface area contributed by atoms with Crippen LogP contribution in [0, 0.1) is 13.8 Å². The highest BCUT2D eigenvalue weighted by atomic mass is 35.5. The summed E-state index contributed by atoms with van der Waals surface area (Å²) in [5.41, 5.74) is 4.22. The highest BCUT2D eigenvalue weighted by Gasteiger charge is 2.16. The summed E-state index contributed by atoms with van der Waals surface area (Å²) in [4.78, 5) is 16.8. The van der Waals surface area contributed by atoms with Gasteiger partial charge >= 0.3 is 5.97 Å². The number of hydrogen-bond acceptors (Lipinski definition) is 5. The highest BCUT2D eigenvalue weighted by Crippen LogP contribution is 2.27. The lowest BCUT2D eigenvalue weighted by Crippen LogP contribution is -2.11. The zero-order chi connectivity index (χ0) is 21.9. The Morgan fingerprint density at radius 1 is 1.10 bits per heavy atom. The SMILES string of the molecule is CCCC(=O)OC(CCC)c1ccc(Cl)c(C)c1.Cc1cc(-c2ccncc2)ns1. The smallest absolute Gasteiger partial charge is 0.306 e. The molecule has 0 fully saturated rings. The van der Waals surface area contributed by atoms with Gasteiger partial charge in [0, 0.05) is 34.3 Å². The number of carbonyl (C=O) groups excluding carboxylic acids is 1. The number of rotatable bonds is 7. The van der Waals surface area contributed by atoms with Crippen LogP contribution in [0.15, 0.2) is 48.8 Å². The molecule has 1 aromatic carbocycles. The first-order valence-electron chi connectivity index (χ1n) is 10.2. The Balaban J connectivity index is 0.000000230. The number of benzene rings is 1. The standard InChI is InChI=1S/C15H21ClO2.C9H8N2S/c1-4-6-14(18-15(17)7-5-2)12-8-9-13(16)11(3)10-12;1-7-6-9(11-12-7)8-2-4-10-5-3-8/h8-10,14H,4-7H2,1-3H3;2-6H,1H3. The van der Waals surface area contributed by atoms with Crippen LogP contribution in [-0.2, 0) is 9.53 Å². The maximum absolute atomic E-state index is 11.6. The van der Waals surface area contributed by atoms with Gasteiger partial charge in [-0.2, -0.15) is 4.37 Å². The van der Waals surface area contributed by atoms with Crippen molar-refractivity contribution in [1.29, 1.82) is 0 Å². The lowest BCUT2D eigenvalue weighted by atomic mass is 10.0. The minimum absolute atomic E-state index is 0.122. The van der Waals surface area contributed by atoms with Gasteiger partial charge < -0.3 is 4.74 Å². The van der Waals surface area contributed by atoms with Crippen molar-refractivity contribution in [2.24, 2.45) is 0 Å². The van der Waals surface area contributed by atoms with Crippen LogP contribution in [0.3, 0.4) is 0 Å². The summed E-state index contributed by atoms with van der Waals surface area (Å²) >= 11 is 7.54. The van der Waals surface area contributed by atoms with E-state index in [1.807, 2.05) is 44.2 Å². The van der Waals surface area contributed by atoms with Crippen molar-refractivity contribution in [3.05, 3.63) is 69.8 Å². The molecule has 30 heavy (non-hydrogen) atoms. The number of aromatic nitrogens is 2. The number of esters is 1. The second-order valence-electron chi connectivity index (χ2n) is 7.08. The molecule has 0 saturated carbocycles. The Kier molecular flexibility index (Phi) is 9.98. The van der Waals surface area contributed by atoms with Gasteiger partial charge in [-0.05, 0) is 73.6 Å². The maximum atomic E-state index is 11.6. The van der Waals surface area contributed by atoms with E-state index in [0.29, 0.717) is 6.42 Å². The van der Waals surface area contributed by atoms with E-state index in [1.54, 1.807) is 12.4 Å². The molecule has 160 valence electrons. The van der Waals surface area contributed by atoms with Gasteiger partial charge in [-0.25, -0.2) is 0 Å². The van der Waals surface area contributed by atoms with Crippen LogP contribution in [-0.4, -0.2) is 15.3 Å². The predicted octanol–water partition coefficient (Wildman–Crippen LogP) is 7.35. The largest absolute Gasteiger partial charge is 0.457 e. The van der Waals surface area contributed by atoms with E-state index in [4.69, 9.17) is 16.3 Å². The minimum Gasteiger partial charge on any atom is -0.457 e. The molecule has 4 nitrogen and oxygen atoms in total. The number of carbonyl (C=O) groups is 1. The van der Waals surface area contributed by atoms with Gasteiger partial charge in [0.15, 0.2) is 0 Å². The lowest BCUT2D eigenvalue weighted by molar-refractivity contribution is -0.149. The molecule has 2 aromatic heterocycles. The topological polar surface area (TPSA) is 52.1 Å². The second kappa shape index (κ2) is 12.5. The summed E-state index contributed by atoms with van der Waals surface area (Å²) in [5, 5.41) is 0.744. The molecule has 2 heterocycles. The fraction of sp³-hybridized carbons (Fsp3) is 0.375. The molecule has 0 aliphatic heterocycles. The van der Waals surface area contributed by atoms with Gasteiger partial charge in [-0.3, -0.25) is 9.78 Å². The maximum Gasteiger partial charge on any atom is 0.306 e. The summed E-state index contributed by atoms with van der Waals surface area (Å²) in [6.45, 7) is 8.08. The molecule has 1 unspecified atom stereocenters. The molecule has 3 aromatic rings. The summed E-state index contributed by atoms with van der Waals surface area (Å²) < 4.78 is 9.83. The lowest BCUT2D eigenvalue weighted by Gasteiger charge is -2.18. The third kappa shape index (κ3) is 7.54.